The number of anilines is 1. The second-order valence-electron chi connectivity index (χ2n) is 9.16. The Morgan fingerprint density at radius 2 is 1.77 bits per heavy atom. The molecule has 3 aromatic heterocycles. The lowest BCUT2D eigenvalue weighted by atomic mass is 10.1. The molecule has 5 rings (SSSR count). The highest BCUT2D eigenvalue weighted by Gasteiger charge is 2.30. The van der Waals surface area contributed by atoms with Gasteiger partial charge in [0.15, 0.2) is 5.82 Å². The summed E-state index contributed by atoms with van der Waals surface area (Å²) in [7, 11) is 0. The Morgan fingerprint density at radius 3 is 2.50 bits per heavy atom. The van der Waals surface area contributed by atoms with Crippen LogP contribution in [0, 0.1) is 0 Å². The van der Waals surface area contributed by atoms with Crippen molar-refractivity contribution in [2.45, 2.75) is 25.7 Å². The molecule has 0 saturated heterocycles. The average molecular weight is 547 g/mol. The van der Waals surface area contributed by atoms with E-state index in [1.807, 2.05) is 42.5 Å². The number of aromatic nitrogens is 4. The molecule has 1 amide bonds. The topological polar surface area (TPSA) is 105 Å². The molecule has 8 nitrogen and oxygen atoms in total. The van der Waals surface area contributed by atoms with Gasteiger partial charge in [-0.2, -0.15) is 13.2 Å². The summed E-state index contributed by atoms with van der Waals surface area (Å²) in [5.41, 5.74) is 1.87. The van der Waals surface area contributed by atoms with Crippen molar-refractivity contribution in [3.05, 3.63) is 112 Å². The van der Waals surface area contributed by atoms with Gasteiger partial charge in [0.05, 0.1) is 24.0 Å². The normalized spacial score (nSPS) is 11.5. The molecule has 2 aromatic carbocycles. The lowest BCUT2D eigenvalue weighted by molar-refractivity contribution is -0.137. The largest absolute Gasteiger partial charge is 0.416 e. The predicted molar refractivity (Wildman–Crippen MR) is 146 cm³/mol. The fourth-order valence-corrected chi connectivity index (χ4v) is 4.32. The molecule has 5 aromatic rings. The highest BCUT2D eigenvalue weighted by atomic mass is 19.4. The number of aromatic amines is 1. The van der Waals surface area contributed by atoms with Gasteiger partial charge >= 0.3 is 6.18 Å². The third-order valence-corrected chi connectivity index (χ3v) is 6.37. The molecule has 0 aliphatic heterocycles. The van der Waals surface area contributed by atoms with Crippen LogP contribution in [0.15, 0.2) is 90.1 Å². The van der Waals surface area contributed by atoms with E-state index >= 15 is 0 Å². The zero-order chi connectivity index (χ0) is 28.1. The first-order chi connectivity index (χ1) is 19.3. The number of nitrogens with one attached hydrogen (secondary N) is 3. The van der Waals surface area contributed by atoms with Crippen LogP contribution in [0.5, 0.6) is 0 Å². The van der Waals surface area contributed by atoms with Gasteiger partial charge in [0.25, 0.3) is 5.56 Å². The Bertz CT molecular complexity index is 1650. The Balaban J connectivity index is 1.37. The number of carbonyl (C=O) groups excluding carboxylic acids is 1. The van der Waals surface area contributed by atoms with Crippen molar-refractivity contribution in [1.82, 2.24) is 24.8 Å². The van der Waals surface area contributed by atoms with Crippen LogP contribution in [0.3, 0.4) is 0 Å². The molecule has 0 atom stereocenters. The number of hydrogen-bond acceptors (Lipinski definition) is 5. The molecule has 0 aliphatic rings. The number of amides is 1. The van der Waals surface area contributed by atoms with Crippen molar-refractivity contribution in [2.24, 2.45) is 0 Å². The number of fused-ring (bicyclic) bond motifs is 1. The van der Waals surface area contributed by atoms with E-state index in [1.165, 1.54) is 22.9 Å². The van der Waals surface area contributed by atoms with Crippen LogP contribution in [-0.4, -0.2) is 32.0 Å². The Kier molecular flexibility index (Phi) is 7.63. The van der Waals surface area contributed by atoms with Gasteiger partial charge in [0, 0.05) is 35.5 Å². The van der Waals surface area contributed by atoms with E-state index in [9.17, 15) is 22.8 Å². The van der Waals surface area contributed by atoms with Gasteiger partial charge < -0.3 is 15.6 Å². The molecule has 0 radical (unpaired) electrons. The molecular formula is C29H25F3N6O2. The fraction of sp³-hybridized carbons (Fsp3) is 0.172. The van der Waals surface area contributed by atoms with Crippen LogP contribution < -0.4 is 16.2 Å². The smallest absolute Gasteiger partial charge is 0.365 e. The van der Waals surface area contributed by atoms with E-state index in [-0.39, 0.29) is 24.6 Å². The summed E-state index contributed by atoms with van der Waals surface area (Å²) in [5, 5.41) is 6.70. The highest BCUT2D eigenvalue weighted by molar-refractivity contribution is 5.80. The average Bonchev–Trinajstić information content (AvgIpc) is 3.37. The lowest BCUT2D eigenvalue weighted by Crippen LogP contribution is -2.34. The molecule has 0 unspecified atom stereocenters. The maximum absolute atomic E-state index is 13.4. The molecule has 0 bridgehead atoms. The standard InChI is InChI=1S/C29H25F3N6O2/c30-29(31,32)22-8-6-20(7-9-22)25-17-36-27(34-13-10-19-4-2-1-3-5-19)28(40)38(25)18-26(39)35-16-23-14-21-15-33-12-11-24(21)37-23/h1-9,11-12,14-15,17,37H,10,13,16,18H2,(H,34,36)(H,35,39). The predicted octanol–water partition coefficient (Wildman–Crippen LogP) is 4.78. The number of nitrogens with zero attached hydrogens (tertiary/aromatic N) is 3. The Morgan fingerprint density at radius 1 is 1.00 bits per heavy atom. The van der Waals surface area contributed by atoms with Crippen LogP contribution in [0.1, 0.15) is 16.8 Å². The van der Waals surface area contributed by atoms with Gasteiger partial charge in [-0.15, -0.1) is 0 Å². The monoisotopic (exact) mass is 546 g/mol. The molecule has 0 saturated carbocycles. The second-order valence-corrected chi connectivity index (χ2v) is 9.16. The van der Waals surface area contributed by atoms with Gasteiger partial charge in [0.2, 0.25) is 5.91 Å². The molecule has 0 aliphatic carbocycles. The fourth-order valence-electron chi connectivity index (χ4n) is 4.32. The first-order valence-electron chi connectivity index (χ1n) is 12.5. The highest BCUT2D eigenvalue weighted by Crippen LogP contribution is 2.30. The minimum absolute atomic E-state index is 0.0440. The summed E-state index contributed by atoms with van der Waals surface area (Å²) >= 11 is 0. The second kappa shape index (κ2) is 11.4. The number of rotatable bonds is 9. The lowest BCUT2D eigenvalue weighted by Gasteiger charge is -2.15. The van der Waals surface area contributed by atoms with E-state index in [4.69, 9.17) is 0 Å². The first kappa shape index (κ1) is 26.7. The minimum Gasteiger partial charge on any atom is -0.365 e. The van der Waals surface area contributed by atoms with Crippen LogP contribution in [0.25, 0.3) is 22.2 Å². The van der Waals surface area contributed by atoms with Crippen LogP contribution in [0.4, 0.5) is 19.0 Å². The van der Waals surface area contributed by atoms with Gasteiger partial charge in [-0.05, 0) is 41.8 Å². The number of benzene rings is 2. The number of carbonyl (C=O) groups is 1. The van der Waals surface area contributed by atoms with Gasteiger partial charge in [-0.3, -0.25) is 19.1 Å². The van der Waals surface area contributed by atoms with Crippen LogP contribution >= 0.6 is 0 Å². The number of alkyl halides is 3. The number of hydrogen-bond donors (Lipinski definition) is 3. The number of halogens is 3. The van der Waals surface area contributed by atoms with Crippen molar-refractivity contribution < 1.29 is 18.0 Å². The van der Waals surface area contributed by atoms with Crippen LogP contribution in [0.2, 0.25) is 0 Å². The zero-order valence-corrected chi connectivity index (χ0v) is 21.2. The van der Waals surface area contributed by atoms with Crippen molar-refractivity contribution >= 4 is 22.6 Å². The van der Waals surface area contributed by atoms with E-state index < -0.39 is 23.2 Å². The molecule has 204 valence electrons. The van der Waals surface area contributed by atoms with Crippen molar-refractivity contribution in [3.63, 3.8) is 0 Å². The molecule has 0 spiro atoms. The molecule has 0 fully saturated rings. The van der Waals surface area contributed by atoms with Gasteiger partial charge in [-0.1, -0.05) is 42.5 Å². The summed E-state index contributed by atoms with van der Waals surface area (Å²) in [6, 6.07) is 17.8. The molecule has 3 N–H and O–H groups in total. The third-order valence-electron chi connectivity index (χ3n) is 6.37. The maximum Gasteiger partial charge on any atom is 0.416 e. The molecule has 3 heterocycles. The third kappa shape index (κ3) is 6.20. The van der Waals surface area contributed by atoms with Crippen molar-refractivity contribution in [1.29, 1.82) is 0 Å². The van der Waals surface area contributed by atoms with Gasteiger partial charge in [-0.25, -0.2) is 4.98 Å². The summed E-state index contributed by atoms with van der Waals surface area (Å²) in [6.07, 6.45) is 0.888. The van der Waals surface area contributed by atoms with E-state index in [0.29, 0.717) is 18.5 Å². The maximum atomic E-state index is 13.4. The quantitative estimate of drug-likeness (QED) is 0.247. The summed E-state index contributed by atoms with van der Waals surface area (Å²) in [5.74, 6) is -0.406. The van der Waals surface area contributed by atoms with E-state index in [0.717, 1.165) is 34.3 Å². The summed E-state index contributed by atoms with van der Waals surface area (Å²) in [4.78, 5) is 37.9. The summed E-state index contributed by atoms with van der Waals surface area (Å²) < 4.78 is 40.5. The SMILES string of the molecule is O=C(Cn1c(-c2ccc(C(F)(F)F)cc2)cnc(NCCc2ccccc2)c1=O)NCc1cc2cnccc2[nH]1. The van der Waals surface area contributed by atoms with Gasteiger partial charge in [0.1, 0.15) is 6.54 Å². The summed E-state index contributed by atoms with van der Waals surface area (Å²) in [6.45, 7) is 0.255. The van der Waals surface area contributed by atoms with E-state index in [1.54, 1.807) is 12.4 Å². The minimum atomic E-state index is -4.50. The molecule has 11 heteroatoms. The first-order valence-corrected chi connectivity index (χ1v) is 12.5. The molecule has 40 heavy (non-hydrogen) atoms. The molecular weight excluding hydrogens is 521 g/mol. The zero-order valence-electron chi connectivity index (χ0n) is 21.2. The Hall–Kier alpha value is -4.93. The number of H-pyrrole nitrogens is 1. The Labute approximate surface area is 226 Å². The van der Waals surface area contributed by atoms with E-state index in [2.05, 4.69) is 25.6 Å². The number of pyridine rings is 1. The van der Waals surface area contributed by atoms with Crippen molar-refractivity contribution in [2.75, 3.05) is 11.9 Å². The van der Waals surface area contributed by atoms with Crippen molar-refractivity contribution in [3.8, 4) is 11.3 Å². The van der Waals surface area contributed by atoms with Crippen LogP contribution in [-0.2, 0) is 30.5 Å².